The van der Waals surface area contributed by atoms with Crippen LogP contribution in [0.3, 0.4) is 0 Å². The van der Waals surface area contributed by atoms with E-state index in [-0.39, 0.29) is 0 Å². The molecule has 0 saturated heterocycles. The fourth-order valence-corrected chi connectivity index (χ4v) is 0.976. The number of rotatable bonds is 9. The molecule has 0 bridgehead atoms. The minimum absolute atomic E-state index is 0.357. The van der Waals surface area contributed by atoms with Gasteiger partial charge in [-0.25, -0.2) is 0 Å². The van der Waals surface area contributed by atoms with Crippen LogP contribution in [0, 0.1) is 5.92 Å². The Morgan fingerprint density at radius 3 is 2.36 bits per heavy atom. The van der Waals surface area contributed by atoms with E-state index in [0.29, 0.717) is 12.0 Å². The molecule has 1 N–H and O–H groups in total. The minimum Gasteiger partial charge on any atom is -0.385 e. The van der Waals surface area contributed by atoms with Crippen molar-refractivity contribution in [1.29, 1.82) is 0 Å². The summed E-state index contributed by atoms with van der Waals surface area (Å²) in [5.74, 6) is 0.600. The second-order valence-corrected chi connectivity index (χ2v) is 3.92. The molecule has 86 valence electrons. The van der Waals surface area contributed by atoms with E-state index in [4.69, 9.17) is 9.47 Å². The van der Waals surface area contributed by atoms with Crippen LogP contribution in [0.1, 0.15) is 27.2 Å². The van der Waals surface area contributed by atoms with Gasteiger partial charge < -0.3 is 14.8 Å². The first-order valence-corrected chi connectivity index (χ1v) is 5.49. The van der Waals surface area contributed by atoms with Gasteiger partial charge in [0.2, 0.25) is 0 Å². The van der Waals surface area contributed by atoms with Crippen LogP contribution in [-0.2, 0) is 9.47 Å². The van der Waals surface area contributed by atoms with Crippen LogP contribution >= 0.6 is 0 Å². The first kappa shape index (κ1) is 13.9. The van der Waals surface area contributed by atoms with Gasteiger partial charge in [-0.1, -0.05) is 13.8 Å². The third-order valence-electron chi connectivity index (χ3n) is 2.30. The largest absolute Gasteiger partial charge is 0.385 e. The summed E-state index contributed by atoms with van der Waals surface area (Å²) in [7, 11) is 1.73. The van der Waals surface area contributed by atoms with Crippen molar-refractivity contribution in [3.05, 3.63) is 0 Å². The van der Waals surface area contributed by atoms with E-state index in [2.05, 4.69) is 26.1 Å². The van der Waals surface area contributed by atoms with Gasteiger partial charge in [0.05, 0.1) is 12.7 Å². The Morgan fingerprint density at radius 1 is 1.07 bits per heavy atom. The smallest absolute Gasteiger partial charge is 0.0594 e. The van der Waals surface area contributed by atoms with Crippen molar-refractivity contribution in [3.63, 3.8) is 0 Å². The quantitative estimate of drug-likeness (QED) is 0.578. The van der Waals surface area contributed by atoms with E-state index in [9.17, 15) is 0 Å². The van der Waals surface area contributed by atoms with E-state index in [1.807, 2.05) is 0 Å². The van der Waals surface area contributed by atoms with Crippen molar-refractivity contribution >= 4 is 0 Å². The first-order valence-electron chi connectivity index (χ1n) is 5.49. The lowest BCUT2D eigenvalue weighted by Gasteiger charge is -2.16. The van der Waals surface area contributed by atoms with Crippen LogP contribution in [0.4, 0.5) is 0 Å². The first-order chi connectivity index (χ1) is 6.68. The highest BCUT2D eigenvalue weighted by Crippen LogP contribution is 2.03. The van der Waals surface area contributed by atoms with Crippen LogP contribution in [0.5, 0.6) is 0 Å². The van der Waals surface area contributed by atoms with E-state index in [1.54, 1.807) is 7.11 Å². The lowest BCUT2D eigenvalue weighted by molar-refractivity contribution is 0.0373. The summed E-state index contributed by atoms with van der Waals surface area (Å²) in [6, 6.07) is 0. The highest BCUT2D eigenvalue weighted by Gasteiger charge is 2.05. The fraction of sp³-hybridized carbons (Fsp3) is 1.00. The maximum absolute atomic E-state index is 5.62. The Kier molecular flexibility index (Phi) is 9.35. The summed E-state index contributed by atoms with van der Waals surface area (Å²) >= 11 is 0. The molecule has 14 heavy (non-hydrogen) atoms. The summed E-state index contributed by atoms with van der Waals surface area (Å²) in [5, 5.41) is 3.31. The molecule has 0 saturated carbocycles. The van der Waals surface area contributed by atoms with Gasteiger partial charge in [0.25, 0.3) is 0 Å². The SMILES string of the molecule is COCCCNCCOC(C)C(C)C. The third-order valence-corrected chi connectivity index (χ3v) is 2.30. The normalized spacial score (nSPS) is 13.5. The number of nitrogens with one attached hydrogen (secondary N) is 1. The summed E-state index contributed by atoms with van der Waals surface area (Å²) < 4.78 is 10.6. The minimum atomic E-state index is 0.357. The summed E-state index contributed by atoms with van der Waals surface area (Å²) in [6.45, 7) is 10.0. The Balaban J connectivity index is 3.06. The molecule has 0 aromatic carbocycles. The summed E-state index contributed by atoms with van der Waals surface area (Å²) in [5.41, 5.74) is 0. The van der Waals surface area contributed by atoms with Crippen molar-refractivity contribution in [1.82, 2.24) is 5.32 Å². The Labute approximate surface area is 88.2 Å². The average molecular weight is 203 g/mol. The zero-order valence-corrected chi connectivity index (χ0v) is 10.0. The van der Waals surface area contributed by atoms with Crippen LogP contribution in [0.25, 0.3) is 0 Å². The van der Waals surface area contributed by atoms with Gasteiger partial charge in [-0.05, 0) is 25.8 Å². The van der Waals surface area contributed by atoms with Crippen molar-refractivity contribution < 1.29 is 9.47 Å². The Morgan fingerprint density at radius 2 is 1.79 bits per heavy atom. The highest BCUT2D eigenvalue weighted by atomic mass is 16.5. The van der Waals surface area contributed by atoms with E-state index in [1.165, 1.54) is 0 Å². The maximum Gasteiger partial charge on any atom is 0.0594 e. The molecule has 0 fully saturated rings. The molecule has 0 aromatic heterocycles. The molecule has 0 amide bonds. The Hall–Kier alpha value is -0.120. The van der Waals surface area contributed by atoms with E-state index < -0.39 is 0 Å². The van der Waals surface area contributed by atoms with E-state index in [0.717, 1.165) is 32.7 Å². The zero-order chi connectivity index (χ0) is 10.8. The molecule has 0 radical (unpaired) electrons. The van der Waals surface area contributed by atoms with Gasteiger partial charge in [-0.2, -0.15) is 0 Å². The molecule has 0 rings (SSSR count). The van der Waals surface area contributed by atoms with Crippen molar-refractivity contribution in [2.45, 2.75) is 33.3 Å². The number of hydrogen-bond acceptors (Lipinski definition) is 3. The second-order valence-electron chi connectivity index (χ2n) is 3.92. The van der Waals surface area contributed by atoms with Gasteiger partial charge >= 0.3 is 0 Å². The molecule has 1 unspecified atom stereocenters. The van der Waals surface area contributed by atoms with Crippen LogP contribution < -0.4 is 5.32 Å². The van der Waals surface area contributed by atoms with Gasteiger partial charge in [-0.15, -0.1) is 0 Å². The van der Waals surface area contributed by atoms with Crippen molar-refractivity contribution in [2.75, 3.05) is 33.4 Å². The molecule has 3 heteroatoms. The third kappa shape index (κ3) is 8.48. The molecule has 3 nitrogen and oxygen atoms in total. The highest BCUT2D eigenvalue weighted by molar-refractivity contribution is 4.55. The van der Waals surface area contributed by atoms with Gasteiger partial charge in [0, 0.05) is 20.3 Å². The molecule has 0 aliphatic rings. The van der Waals surface area contributed by atoms with E-state index >= 15 is 0 Å². The molecule has 0 spiro atoms. The molecular weight excluding hydrogens is 178 g/mol. The standard InChI is InChI=1S/C11H25NO2/c1-10(2)11(3)14-9-7-12-6-5-8-13-4/h10-12H,5-9H2,1-4H3. The predicted octanol–water partition coefficient (Wildman–Crippen LogP) is 1.67. The predicted molar refractivity (Wildman–Crippen MR) is 59.6 cm³/mol. The summed E-state index contributed by atoms with van der Waals surface area (Å²) in [4.78, 5) is 0. The van der Waals surface area contributed by atoms with Gasteiger partial charge in [0.1, 0.15) is 0 Å². The monoisotopic (exact) mass is 203 g/mol. The van der Waals surface area contributed by atoms with Crippen LogP contribution in [-0.4, -0.2) is 39.5 Å². The van der Waals surface area contributed by atoms with Crippen LogP contribution in [0.15, 0.2) is 0 Å². The van der Waals surface area contributed by atoms with Gasteiger partial charge in [0.15, 0.2) is 0 Å². The number of hydrogen-bond donors (Lipinski definition) is 1. The molecule has 1 atom stereocenters. The lowest BCUT2D eigenvalue weighted by Crippen LogP contribution is -2.25. The lowest BCUT2D eigenvalue weighted by atomic mass is 10.1. The molecule has 0 aromatic rings. The fourth-order valence-electron chi connectivity index (χ4n) is 0.976. The second kappa shape index (κ2) is 9.44. The Bertz CT molecular complexity index is 118. The zero-order valence-electron chi connectivity index (χ0n) is 10.0. The molecule has 0 aliphatic carbocycles. The topological polar surface area (TPSA) is 30.5 Å². The molecular formula is C11H25NO2. The maximum atomic E-state index is 5.62. The van der Waals surface area contributed by atoms with Crippen molar-refractivity contribution in [3.8, 4) is 0 Å². The van der Waals surface area contributed by atoms with Gasteiger partial charge in [-0.3, -0.25) is 0 Å². The molecule has 0 heterocycles. The average Bonchev–Trinajstić information content (AvgIpc) is 2.16. The van der Waals surface area contributed by atoms with Crippen LogP contribution in [0.2, 0.25) is 0 Å². The summed E-state index contributed by atoms with van der Waals surface area (Å²) in [6.07, 6.45) is 1.42. The van der Waals surface area contributed by atoms with Crippen molar-refractivity contribution in [2.24, 2.45) is 5.92 Å². The number of methoxy groups -OCH3 is 1. The number of ether oxygens (including phenoxy) is 2. The molecule has 0 aliphatic heterocycles.